The Kier molecular flexibility index (Phi) is 3.83. The number of hydrogen-bond donors (Lipinski definition) is 1. The molecule has 0 unspecified atom stereocenters. The molecule has 3 aromatic rings. The van der Waals surface area contributed by atoms with Crippen LogP contribution in [-0.2, 0) is 6.54 Å². The molecule has 0 radical (unpaired) electrons. The highest BCUT2D eigenvalue weighted by Gasteiger charge is 2.11. The van der Waals surface area contributed by atoms with Crippen LogP contribution in [0, 0.1) is 0 Å². The molecule has 0 bridgehead atoms. The van der Waals surface area contributed by atoms with Crippen molar-refractivity contribution in [2.45, 2.75) is 6.54 Å². The van der Waals surface area contributed by atoms with Gasteiger partial charge in [-0.05, 0) is 17.7 Å². The van der Waals surface area contributed by atoms with Gasteiger partial charge in [-0.15, -0.1) is 11.3 Å². The van der Waals surface area contributed by atoms with Gasteiger partial charge in [0.1, 0.15) is 5.69 Å². The fourth-order valence-corrected chi connectivity index (χ4v) is 3.25. The normalized spacial score (nSPS) is 10.9. The quantitative estimate of drug-likeness (QED) is 0.731. The molecule has 0 aliphatic rings. The summed E-state index contributed by atoms with van der Waals surface area (Å²) >= 11 is 11.0. The van der Waals surface area contributed by atoms with E-state index >= 15 is 0 Å². The molecule has 0 aliphatic carbocycles. The van der Waals surface area contributed by atoms with Crippen LogP contribution in [0.2, 0.25) is 4.34 Å². The molecule has 0 saturated heterocycles. The number of hydrogen-bond acceptors (Lipinski definition) is 3. The van der Waals surface area contributed by atoms with Crippen molar-refractivity contribution < 1.29 is 0 Å². The average molecular weight is 369 g/mol. The van der Waals surface area contributed by atoms with Crippen molar-refractivity contribution in [1.29, 1.82) is 0 Å². The monoisotopic (exact) mass is 367 g/mol. The molecule has 20 heavy (non-hydrogen) atoms. The van der Waals surface area contributed by atoms with E-state index in [4.69, 9.17) is 17.3 Å². The number of aromatic nitrogens is 2. The van der Waals surface area contributed by atoms with Crippen molar-refractivity contribution in [2.75, 3.05) is 5.73 Å². The van der Waals surface area contributed by atoms with E-state index in [-0.39, 0.29) is 0 Å². The van der Waals surface area contributed by atoms with Crippen LogP contribution < -0.4 is 5.73 Å². The molecule has 1 aromatic carbocycles. The molecular weight excluding hydrogens is 358 g/mol. The summed E-state index contributed by atoms with van der Waals surface area (Å²) in [5, 5.41) is 6.51. The van der Waals surface area contributed by atoms with Gasteiger partial charge in [0.2, 0.25) is 0 Å². The lowest BCUT2D eigenvalue weighted by atomic mass is 10.2. The highest BCUT2D eigenvalue weighted by Crippen LogP contribution is 2.31. The Morgan fingerprint density at radius 3 is 2.85 bits per heavy atom. The number of rotatable bonds is 3. The van der Waals surface area contributed by atoms with Crippen LogP contribution in [0.4, 0.5) is 5.69 Å². The second kappa shape index (κ2) is 5.60. The summed E-state index contributed by atoms with van der Waals surface area (Å²) < 4.78 is 3.64. The molecule has 3 nitrogen and oxygen atoms in total. The molecule has 6 heteroatoms. The number of nitrogen functional groups attached to an aromatic ring is 1. The summed E-state index contributed by atoms with van der Waals surface area (Å²) in [5.74, 6) is 0. The predicted molar refractivity (Wildman–Crippen MR) is 88.2 cm³/mol. The number of nitrogens with two attached hydrogens (primary N) is 1. The zero-order chi connectivity index (χ0) is 14.1. The molecule has 3 rings (SSSR count). The zero-order valence-electron chi connectivity index (χ0n) is 10.4. The van der Waals surface area contributed by atoms with Gasteiger partial charge in [0, 0.05) is 21.6 Å². The maximum absolute atomic E-state index is 6.04. The fraction of sp³-hybridized carbons (Fsp3) is 0.0714. The van der Waals surface area contributed by atoms with Gasteiger partial charge >= 0.3 is 0 Å². The zero-order valence-corrected chi connectivity index (χ0v) is 13.5. The summed E-state index contributed by atoms with van der Waals surface area (Å²) in [6.07, 6.45) is 1.85. The Balaban J connectivity index is 1.91. The van der Waals surface area contributed by atoms with Gasteiger partial charge in [-0.3, -0.25) is 4.68 Å². The number of nitrogens with zero attached hydrogens (tertiary/aromatic N) is 2. The maximum atomic E-state index is 6.04. The first-order valence-corrected chi connectivity index (χ1v) is 7.99. The smallest absolute Gasteiger partial charge is 0.116 e. The third kappa shape index (κ3) is 2.75. The van der Waals surface area contributed by atoms with Gasteiger partial charge in [0.25, 0.3) is 0 Å². The molecule has 0 aliphatic heterocycles. The summed E-state index contributed by atoms with van der Waals surface area (Å²) in [5.41, 5.74) is 9.60. The molecule has 0 saturated carbocycles. The van der Waals surface area contributed by atoms with Gasteiger partial charge < -0.3 is 5.73 Å². The van der Waals surface area contributed by atoms with Gasteiger partial charge in [-0.1, -0.05) is 45.7 Å². The van der Waals surface area contributed by atoms with Crippen LogP contribution in [0.15, 0.2) is 46.4 Å². The van der Waals surface area contributed by atoms with Crippen molar-refractivity contribution in [3.05, 3.63) is 56.3 Å². The van der Waals surface area contributed by atoms with E-state index in [0.717, 1.165) is 25.6 Å². The van der Waals surface area contributed by atoms with Crippen LogP contribution >= 0.6 is 38.9 Å². The largest absolute Gasteiger partial charge is 0.396 e. The molecular formula is C14H11BrClN3S. The van der Waals surface area contributed by atoms with Crippen molar-refractivity contribution in [2.24, 2.45) is 0 Å². The number of benzene rings is 1. The number of halogens is 2. The molecule has 0 atom stereocenters. The third-order valence-electron chi connectivity index (χ3n) is 2.92. The van der Waals surface area contributed by atoms with Gasteiger partial charge in [-0.2, -0.15) is 5.10 Å². The van der Waals surface area contributed by atoms with Crippen LogP contribution in [-0.4, -0.2) is 9.78 Å². The second-order valence-corrected chi connectivity index (χ2v) is 6.76. The summed E-state index contributed by atoms with van der Waals surface area (Å²) in [4.78, 5) is 0. The topological polar surface area (TPSA) is 43.8 Å². The van der Waals surface area contributed by atoms with Crippen LogP contribution in [0.5, 0.6) is 0 Å². The minimum absolute atomic E-state index is 0.659. The lowest BCUT2D eigenvalue weighted by Crippen LogP contribution is -2.00. The summed E-state index contributed by atoms with van der Waals surface area (Å²) in [6.45, 7) is 0.670. The minimum atomic E-state index is 0.659. The lowest BCUT2D eigenvalue weighted by Gasteiger charge is -2.03. The van der Waals surface area contributed by atoms with Gasteiger partial charge in [-0.25, -0.2) is 0 Å². The van der Waals surface area contributed by atoms with Gasteiger partial charge in [0.15, 0.2) is 0 Å². The predicted octanol–water partition coefficient (Wildman–Crippen LogP) is 4.66. The van der Waals surface area contributed by atoms with E-state index < -0.39 is 0 Å². The first-order valence-electron chi connectivity index (χ1n) is 5.94. The highest BCUT2D eigenvalue weighted by atomic mass is 79.9. The summed E-state index contributed by atoms with van der Waals surface area (Å²) in [7, 11) is 0. The molecule has 2 aromatic heterocycles. The van der Waals surface area contributed by atoms with E-state index in [1.165, 1.54) is 11.3 Å². The van der Waals surface area contributed by atoms with Crippen molar-refractivity contribution in [1.82, 2.24) is 9.78 Å². The van der Waals surface area contributed by atoms with Crippen LogP contribution in [0.3, 0.4) is 0 Å². The second-order valence-electron chi connectivity index (χ2n) is 4.36. The number of thiophene rings is 1. The van der Waals surface area contributed by atoms with Crippen molar-refractivity contribution in [3.63, 3.8) is 0 Å². The minimum Gasteiger partial charge on any atom is -0.396 e. The molecule has 2 heterocycles. The maximum Gasteiger partial charge on any atom is 0.116 e. The standard InChI is InChI=1S/C14H11BrClN3S/c15-11-4-2-1-3-9(11)6-19-7-12(17)14(18-19)10-5-13(16)20-8-10/h1-5,7-8H,6,17H2. The molecule has 0 fully saturated rings. The third-order valence-corrected chi connectivity index (χ3v) is 4.79. The Bertz CT molecular complexity index is 750. The Labute approximate surface area is 134 Å². The first-order chi connectivity index (χ1) is 9.63. The van der Waals surface area contributed by atoms with E-state index in [9.17, 15) is 0 Å². The molecule has 102 valence electrons. The fourth-order valence-electron chi connectivity index (χ4n) is 1.98. The SMILES string of the molecule is Nc1cn(Cc2ccccc2Br)nc1-c1csc(Cl)c1. The Morgan fingerprint density at radius 1 is 1.35 bits per heavy atom. The van der Waals surface area contributed by atoms with E-state index in [2.05, 4.69) is 27.1 Å². The highest BCUT2D eigenvalue weighted by molar-refractivity contribution is 9.10. The van der Waals surface area contributed by atoms with Crippen LogP contribution in [0.25, 0.3) is 11.3 Å². The van der Waals surface area contributed by atoms with E-state index in [0.29, 0.717) is 12.2 Å². The summed E-state index contributed by atoms with van der Waals surface area (Å²) in [6, 6.07) is 9.95. The number of anilines is 1. The van der Waals surface area contributed by atoms with Gasteiger partial charge in [0.05, 0.1) is 16.6 Å². The van der Waals surface area contributed by atoms with Crippen molar-refractivity contribution in [3.8, 4) is 11.3 Å². The molecule has 2 N–H and O–H groups in total. The molecule has 0 spiro atoms. The average Bonchev–Trinajstić information content (AvgIpc) is 2.98. The lowest BCUT2D eigenvalue weighted by molar-refractivity contribution is 0.688. The Morgan fingerprint density at radius 2 is 2.15 bits per heavy atom. The van der Waals surface area contributed by atoms with E-state index in [1.54, 1.807) is 0 Å². The Hall–Kier alpha value is -1.30. The molecule has 0 amide bonds. The van der Waals surface area contributed by atoms with E-state index in [1.807, 2.05) is 40.5 Å². The van der Waals surface area contributed by atoms with Crippen molar-refractivity contribution >= 4 is 44.6 Å². The first kappa shape index (κ1) is 13.7. The van der Waals surface area contributed by atoms with Crippen LogP contribution in [0.1, 0.15) is 5.56 Å².